The standard InChI is InChI=1S/C40H30I2N6O2/c1-23(49)43-33-17-13-27(14-18-33)39-45-35(37(47-39)29-5-3-7-31(41)21-29)25-9-11-26(12-10-25)36-38(30-6-4-8-32(42)22-30)48-40(46-36)28-15-19-34(20-16-28)44-24(2)50/h3-22H,1-2H3,(H,43,49)(H,44,50)(H,45,47)(H,46,48). The van der Waals surface area contributed by atoms with E-state index < -0.39 is 0 Å². The normalized spacial score (nSPS) is 11.0. The highest BCUT2D eigenvalue weighted by molar-refractivity contribution is 14.1. The van der Waals surface area contributed by atoms with Gasteiger partial charge in [-0.25, -0.2) is 9.97 Å². The minimum absolute atomic E-state index is 0.114. The van der Waals surface area contributed by atoms with Crippen molar-refractivity contribution in [3.05, 3.63) is 128 Å². The summed E-state index contributed by atoms with van der Waals surface area (Å²) in [4.78, 5) is 40.4. The molecule has 10 heteroatoms. The molecule has 0 radical (unpaired) electrons. The maximum Gasteiger partial charge on any atom is 0.221 e. The predicted octanol–water partition coefficient (Wildman–Crippen LogP) is 10.3. The second-order valence-electron chi connectivity index (χ2n) is 11.7. The fourth-order valence-corrected chi connectivity index (χ4v) is 6.85. The number of hydrogen-bond acceptors (Lipinski definition) is 4. The molecule has 0 spiro atoms. The predicted molar refractivity (Wildman–Crippen MR) is 217 cm³/mol. The number of halogens is 2. The van der Waals surface area contributed by atoms with Crippen molar-refractivity contribution in [2.45, 2.75) is 13.8 Å². The number of benzene rings is 5. The fourth-order valence-electron chi connectivity index (χ4n) is 5.76. The molecule has 7 rings (SSSR count). The van der Waals surface area contributed by atoms with Gasteiger partial charge in [0.05, 0.1) is 22.8 Å². The van der Waals surface area contributed by atoms with E-state index >= 15 is 0 Å². The van der Waals surface area contributed by atoms with Gasteiger partial charge in [-0.2, -0.15) is 0 Å². The molecule has 2 aromatic heterocycles. The molecule has 0 saturated heterocycles. The molecule has 5 aromatic carbocycles. The van der Waals surface area contributed by atoms with Crippen LogP contribution in [0, 0.1) is 7.14 Å². The van der Waals surface area contributed by atoms with Crippen molar-refractivity contribution in [1.29, 1.82) is 0 Å². The Morgan fingerprint density at radius 3 is 1.20 bits per heavy atom. The summed E-state index contributed by atoms with van der Waals surface area (Å²) in [7, 11) is 0. The van der Waals surface area contributed by atoms with E-state index in [1.165, 1.54) is 13.8 Å². The Bertz CT molecular complexity index is 2180. The van der Waals surface area contributed by atoms with Crippen LogP contribution >= 0.6 is 45.2 Å². The van der Waals surface area contributed by atoms with Gasteiger partial charge in [-0.3, -0.25) is 9.59 Å². The number of aromatic nitrogens is 4. The summed E-state index contributed by atoms with van der Waals surface area (Å²) in [5.74, 6) is 1.24. The molecule has 0 aliphatic heterocycles. The van der Waals surface area contributed by atoms with Crippen molar-refractivity contribution >= 4 is 68.4 Å². The topological polar surface area (TPSA) is 116 Å². The van der Waals surface area contributed by atoms with Crippen molar-refractivity contribution in [1.82, 2.24) is 19.9 Å². The van der Waals surface area contributed by atoms with Crippen LogP contribution in [0.15, 0.2) is 121 Å². The van der Waals surface area contributed by atoms with Crippen LogP contribution in [-0.2, 0) is 9.59 Å². The van der Waals surface area contributed by atoms with Crippen molar-refractivity contribution in [3.8, 4) is 67.8 Å². The number of carbonyl (C=O) groups excluding carboxylic acids is 2. The number of H-pyrrole nitrogens is 2. The average molecular weight is 881 g/mol. The molecule has 0 aliphatic carbocycles. The van der Waals surface area contributed by atoms with Crippen LogP contribution < -0.4 is 10.6 Å². The van der Waals surface area contributed by atoms with E-state index in [0.29, 0.717) is 0 Å². The molecular formula is C40H30I2N6O2. The lowest BCUT2D eigenvalue weighted by Crippen LogP contribution is -2.05. The molecule has 0 atom stereocenters. The van der Waals surface area contributed by atoms with E-state index in [4.69, 9.17) is 9.97 Å². The molecule has 7 aromatic rings. The quantitative estimate of drug-likeness (QED) is 0.114. The van der Waals surface area contributed by atoms with Crippen LogP contribution in [0.4, 0.5) is 11.4 Å². The van der Waals surface area contributed by atoms with E-state index in [0.717, 1.165) is 86.3 Å². The molecule has 0 bridgehead atoms. The Kier molecular flexibility index (Phi) is 9.63. The zero-order chi connectivity index (χ0) is 34.8. The van der Waals surface area contributed by atoms with Gasteiger partial charge in [0, 0.05) is 65.7 Å². The monoisotopic (exact) mass is 880 g/mol. The van der Waals surface area contributed by atoms with Gasteiger partial charge < -0.3 is 20.6 Å². The smallest absolute Gasteiger partial charge is 0.221 e. The summed E-state index contributed by atoms with van der Waals surface area (Å²) in [6, 6.07) is 40.3. The molecule has 0 saturated carbocycles. The van der Waals surface area contributed by atoms with Gasteiger partial charge >= 0.3 is 0 Å². The second-order valence-corrected chi connectivity index (χ2v) is 14.2. The number of imidazole rings is 2. The molecule has 246 valence electrons. The molecule has 0 unspecified atom stereocenters. The molecule has 4 N–H and O–H groups in total. The van der Waals surface area contributed by atoms with E-state index in [2.05, 4.69) is 126 Å². The van der Waals surface area contributed by atoms with Gasteiger partial charge in [-0.15, -0.1) is 0 Å². The largest absolute Gasteiger partial charge is 0.337 e. The molecule has 0 aliphatic rings. The molecule has 8 nitrogen and oxygen atoms in total. The van der Waals surface area contributed by atoms with Crippen LogP contribution in [0.1, 0.15) is 13.8 Å². The Balaban J connectivity index is 1.28. The summed E-state index contributed by atoms with van der Waals surface area (Å²) >= 11 is 4.65. The third-order valence-corrected chi connectivity index (χ3v) is 9.37. The molecular weight excluding hydrogens is 850 g/mol. The molecule has 2 amide bonds. The van der Waals surface area contributed by atoms with Crippen molar-refractivity contribution in [3.63, 3.8) is 0 Å². The number of hydrogen-bond donors (Lipinski definition) is 4. The highest BCUT2D eigenvalue weighted by Crippen LogP contribution is 2.37. The first-order valence-corrected chi connectivity index (χ1v) is 17.9. The lowest BCUT2D eigenvalue weighted by molar-refractivity contribution is -0.115. The Hall–Kier alpha value is -5.08. The number of nitrogens with one attached hydrogen (secondary N) is 4. The zero-order valence-corrected chi connectivity index (χ0v) is 31.3. The lowest BCUT2D eigenvalue weighted by Gasteiger charge is -2.07. The number of aromatic amines is 2. The van der Waals surface area contributed by atoms with Crippen molar-refractivity contribution in [2.24, 2.45) is 0 Å². The number of nitrogens with zero attached hydrogens (tertiary/aromatic N) is 2. The second kappa shape index (κ2) is 14.4. The zero-order valence-electron chi connectivity index (χ0n) is 27.0. The maximum atomic E-state index is 11.5. The van der Waals surface area contributed by atoms with Gasteiger partial charge in [0.25, 0.3) is 0 Å². The molecule has 0 fully saturated rings. The summed E-state index contributed by atoms with van der Waals surface area (Å²) < 4.78 is 2.24. The van der Waals surface area contributed by atoms with E-state index in [9.17, 15) is 9.59 Å². The van der Waals surface area contributed by atoms with Crippen LogP contribution in [0.3, 0.4) is 0 Å². The third-order valence-electron chi connectivity index (χ3n) is 8.02. The van der Waals surface area contributed by atoms with Crippen molar-refractivity contribution in [2.75, 3.05) is 10.6 Å². The van der Waals surface area contributed by atoms with E-state index in [1.807, 2.05) is 60.7 Å². The van der Waals surface area contributed by atoms with Gasteiger partial charge in [0.1, 0.15) is 11.6 Å². The summed E-state index contributed by atoms with van der Waals surface area (Å²) in [5, 5.41) is 5.64. The fraction of sp³-hybridized carbons (Fsp3) is 0.0500. The van der Waals surface area contributed by atoms with Gasteiger partial charge in [0.15, 0.2) is 0 Å². The van der Waals surface area contributed by atoms with Crippen LogP contribution in [0.2, 0.25) is 0 Å². The SMILES string of the molecule is CC(=O)Nc1ccc(-c2nc(-c3cccc(I)c3)c(-c3ccc(-c4[nH]c(-c5ccc(NC(C)=O)cc5)nc4-c4cccc(I)c4)cc3)[nH]2)cc1. The van der Waals surface area contributed by atoms with Gasteiger partial charge in [-0.05, 0) is 118 Å². The first-order chi connectivity index (χ1) is 24.2. The first kappa shape index (κ1) is 33.4. The summed E-state index contributed by atoms with van der Waals surface area (Å²) in [6.07, 6.45) is 0. The lowest BCUT2D eigenvalue weighted by atomic mass is 10.0. The summed E-state index contributed by atoms with van der Waals surface area (Å²) in [6.45, 7) is 2.99. The highest BCUT2D eigenvalue weighted by atomic mass is 127. The highest BCUT2D eigenvalue weighted by Gasteiger charge is 2.19. The average Bonchev–Trinajstić information content (AvgIpc) is 3.75. The minimum Gasteiger partial charge on any atom is -0.337 e. The minimum atomic E-state index is -0.114. The molecule has 50 heavy (non-hydrogen) atoms. The van der Waals surface area contributed by atoms with E-state index in [1.54, 1.807) is 0 Å². The number of carbonyl (C=O) groups is 2. The number of anilines is 2. The first-order valence-electron chi connectivity index (χ1n) is 15.8. The van der Waals surface area contributed by atoms with Crippen LogP contribution in [-0.4, -0.2) is 31.8 Å². The Morgan fingerprint density at radius 2 is 0.860 bits per heavy atom. The maximum absolute atomic E-state index is 11.5. The van der Waals surface area contributed by atoms with Crippen LogP contribution in [0.5, 0.6) is 0 Å². The number of rotatable bonds is 8. The van der Waals surface area contributed by atoms with Crippen molar-refractivity contribution < 1.29 is 9.59 Å². The third kappa shape index (κ3) is 7.41. The Morgan fingerprint density at radius 1 is 0.500 bits per heavy atom. The van der Waals surface area contributed by atoms with Gasteiger partial charge in [-0.1, -0.05) is 48.5 Å². The van der Waals surface area contributed by atoms with Gasteiger partial charge in [0.2, 0.25) is 11.8 Å². The van der Waals surface area contributed by atoms with E-state index in [-0.39, 0.29) is 11.8 Å². The molecule has 2 heterocycles. The van der Waals surface area contributed by atoms with Crippen LogP contribution in [0.25, 0.3) is 67.8 Å². The number of amides is 2. The summed E-state index contributed by atoms with van der Waals surface area (Å²) in [5.41, 5.74) is 10.8. The Labute approximate surface area is 316 Å².